The third-order valence-corrected chi connectivity index (χ3v) is 3.13. The fourth-order valence-corrected chi connectivity index (χ4v) is 1.97. The molecule has 1 fully saturated rings. The van der Waals surface area contributed by atoms with Crippen LogP contribution in [0.15, 0.2) is 12.1 Å². The summed E-state index contributed by atoms with van der Waals surface area (Å²) in [5, 5.41) is 3.26. The number of halogens is 1. The van der Waals surface area contributed by atoms with E-state index in [0.29, 0.717) is 34.4 Å². The lowest BCUT2D eigenvalue weighted by Crippen LogP contribution is -2.26. The molecule has 1 amide bonds. The van der Waals surface area contributed by atoms with E-state index >= 15 is 0 Å². The molecule has 0 aliphatic heterocycles. The maximum atomic E-state index is 11.5. The standard InChI is InChI=1S/C14H16ClNO4/c1-19-12-7-10(15)6-9(8-17)14(12)20-5-4-13(18)16-11-2-3-11/h6-8,11H,2-5H2,1H3,(H,16,18). The minimum atomic E-state index is -0.0481. The molecule has 0 aromatic heterocycles. The van der Waals surface area contributed by atoms with Gasteiger partial charge < -0.3 is 14.8 Å². The number of aldehydes is 1. The molecule has 6 heteroatoms. The van der Waals surface area contributed by atoms with Crippen LogP contribution in [0.1, 0.15) is 29.6 Å². The van der Waals surface area contributed by atoms with Gasteiger partial charge in [-0.05, 0) is 18.9 Å². The van der Waals surface area contributed by atoms with Crippen molar-refractivity contribution in [3.63, 3.8) is 0 Å². The van der Waals surface area contributed by atoms with E-state index in [0.717, 1.165) is 12.8 Å². The third kappa shape index (κ3) is 3.87. The highest BCUT2D eigenvalue weighted by Gasteiger charge is 2.23. The van der Waals surface area contributed by atoms with Crippen molar-refractivity contribution in [1.82, 2.24) is 5.32 Å². The summed E-state index contributed by atoms with van der Waals surface area (Å²) in [5.74, 6) is 0.640. The topological polar surface area (TPSA) is 64.6 Å². The van der Waals surface area contributed by atoms with Gasteiger partial charge in [0.15, 0.2) is 17.8 Å². The molecule has 20 heavy (non-hydrogen) atoms. The van der Waals surface area contributed by atoms with E-state index in [1.54, 1.807) is 6.07 Å². The Labute approximate surface area is 122 Å². The van der Waals surface area contributed by atoms with E-state index in [9.17, 15) is 9.59 Å². The molecule has 1 saturated carbocycles. The quantitative estimate of drug-likeness (QED) is 0.784. The molecule has 1 aliphatic carbocycles. The van der Waals surface area contributed by atoms with Gasteiger partial charge >= 0.3 is 0 Å². The van der Waals surface area contributed by atoms with Crippen LogP contribution in [-0.2, 0) is 4.79 Å². The average molecular weight is 298 g/mol. The SMILES string of the molecule is COc1cc(Cl)cc(C=O)c1OCCC(=O)NC1CC1. The smallest absolute Gasteiger partial charge is 0.223 e. The lowest BCUT2D eigenvalue weighted by molar-refractivity contribution is -0.121. The fraction of sp³-hybridized carbons (Fsp3) is 0.429. The Morgan fingerprint density at radius 1 is 1.50 bits per heavy atom. The van der Waals surface area contributed by atoms with Crippen LogP contribution in [0.25, 0.3) is 0 Å². The largest absolute Gasteiger partial charge is 0.493 e. The van der Waals surface area contributed by atoms with Gasteiger partial charge in [-0.25, -0.2) is 0 Å². The number of carbonyl (C=O) groups excluding carboxylic acids is 2. The lowest BCUT2D eigenvalue weighted by Gasteiger charge is -2.13. The van der Waals surface area contributed by atoms with E-state index in [1.165, 1.54) is 13.2 Å². The Balaban J connectivity index is 1.96. The van der Waals surface area contributed by atoms with E-state index in [1.807, 2.05) is 0 Å². The number of amides is 1. The van der Waals surface area contributed by atoms with Crippen LogP contribution in [0, 0.1) is 0 Å². The van der Waals surface area contributed by atoms with Crippen molar-refractivity contribution in [3.8, 4) is 11.5 Å². The highest BCUT2D eigenvalue weighted by molar-refractivity contribution is 6.31. The Morgan fingerprint density at radius 3 is 2.85 bits per heavy atom. The first-order valence-corrected chi connectivity index (χ1v) is 6.76. The molecule has 0 bridgehead atoms. The number of methoxy groups -OCH3 is 1. The van der Waals surface area contributed by atoms with E-state index in [2.05, 4.69) is 5.32 Å². The first-order valence-electron chi connectivity index (χ1n) is 6.39. The first kappa shape index (κ1) is 14.7. The van der Waals surface area contributed by atoms with Crippen molar-refractivity contribution in [3.05, 3.63) is 22.7 Å². The fourth-order valence-electron chi connectivity index (χ4n) is 1.76. The summed E-state index contributed by atoms with van der Waals surface area (Å²) in [7, 11) is 1.47. The summed E-state index contributed by atoms with van der Waals surface area (Å²) < 4.78 is 10.6. The second-order valence-corrected chi connectivity index (χ2v) is 5.02. The minimum Gasteiger partial charge on any atom is -0.493 e. The van der Waals surface area contributed by atoms with Gasteiger partial charge in [-0.3, -0.25) is 9.59 Å². The Bertz CT molecular complexity index is 514. The maximum Gasteiger partial charge on any atom is 0.223 e. The molecule has 0 saturated heterocycles. The highest BCUT2D eigenvalue weighted by atomic mass is 35.5. The lowest BCUT2D eigenvalue weighted by atomic mass is 10.2. The summed E-state index contributed by atoms with van der Waals surface area (Å²) in [6.07, 6.45) is 2.98. The average Bonchev–Trinajstić information content (AvgIpc) is 3.23. The number of hydrogen-bond acceptors (Lipinski definition) is 4. The van der Waals surface area contributed by atoms with Gasteiger partial charge in [-0.15, -0.1) is 0 Å². The number of benzene rings is 1. The van der Waals surface area contributed by atoms with Crippen LogP contribution in [0.3, 0.4) is 0 Å². The van der Waals surface area contributed by atoms with Gasteiger partial charge in [-0.2, -0.15) is 0 Å². The summed E-state index contributed by atoms with van der Waals surface area (Å²) in [5.41, 5.74) is 0.303. The van der Waals surface area contributed by atoms with E-state index in [-0.39, 0.29) is 18.9 Å². The van der Waals surface area contributed by atoms with E-state index < -0.39 is 0 Å². The van der Waals surface area contributed by atoms with Crippen LogP contribution >= 0.6 is 11.6 Å². The Kier molecular flexibility index (Phi) is 4.84. The van der Waals surface area contributed by atoms with Crippen LogP contribution in [0.4, 0.5) is 0 Å². The third-order valence-electron chi connectivity index (χ3n) is 2.91. The monoisotopic (exact) mass is 297 g/mol. The van der Waals surface area contributed by atoms with Crippen LogP contribution in [-0.4, -0.2) is 32.0 Å². The molecule has 108 valence electrons. The number of rotatable bonds is 7. The summed E-state index contributed by atoms with van der Waals surface area (Å²) in [6.45, 7) is 0.178. The van der Waals surface area contributed by atoms with Crippen molar-refractivity contribution in [2.75, 3.05) is 13.7 Å². The van der Waals surface area contributed by atoms with Crippen molar-refractivity contribution in [1.29, 1.82) is 0 Å². The van der Waals surface area contributed by atoms with Gasteiger partial charge in [0.25, 0.3) is 0 Å². The molecule has 1 N–H and O–H groups in total. The zero-order valence-electron chi connectivity index (χ0n) is 11.1. The molecule has 2 rings (SSSR count). The number of hydrogen-bond donors (Lipinski definition) is 1. The number of carbonyl (C=O) groups is 2. The van der Waals surface area contributed by atoms with Gasteiger partial charge in [0.05, 0.1) is 25.7 Å². The molecular formula is C14H16ClNO4. The second-order valence-electron chi connectivity index (χ2n) is 4.58. The van der Waals surface area contributed by atoms with Crippen molar-refractivity contribution < 1.29 is 19.1 Å². The molecule has 1 aromatic carbocycles. The summed E-state index contributed by atoms with van der Waals surface area (Å²) >= 11 is 5.87. The Hall–Kier alpha value is -1.75. The predicted octanol–water partition coefficient (Wildman–Crippen LogP) is 2.21. The molecule has 0 spiro atoms. The molecule has 5 nitrogen and oxygen atoms in total. The van der Waals surface area contributed by atoms with E-state index in [4.69, 9.17) is 21.1 Å². The molecule has 0 atom stereocenters. The molecule has 0 unspecified atom stereocenters. The van der Waals surface area contributed by atoms with Gasteiger partial charge in [0.2, 0.25) is 5.91 Å². The van der Waals surface area contributed by atoms with Crippen molar-refractivity contribution in [2.24, 2.45) is 0 Å². The molecule has 0 radical (unpaired) electrons. The summed E-state index contributed by atoms with van der Waals surface area (Å²) in [4.78, 5) is 22.6. The molecule has 1 aliphatic rings. The second kappa shape index (κ2) is 6.61. The van der Waals surface area contributed by atoms with Crippen LogP contribution < -0.4 is 14.8 Å². The Morgan fingerprint density at radius 2 is 2.25 bits per heavy atom. The van der Waals surface area contributed by atoms with Crippen LogP contribution in [0.2, 0.25) is 5.02 Å². The maximum absolute atomic E-state index is 11.5. The highest BCUT2D eigenvalue weighted by Crippen LogP contribution is 2.33. The summed E-state index contributed by atoms with van der Waals surface area (Å²) in [6, 6.07) is 3.39. The van der Waals surface area contributed by atoms with Gasteiger partial charge in [0, 0.05) is 17.1 Å². The van der Waals surface area contributed by atoms with Gasteiger partial charge in [-0.1, -0.05) is 11.6 Å². The zero-order chi connectivity index (χ0) is 14.5. The molecule has 1 aromatic rings. The minimum absolute atomic E-state index is 0.0481. The normalized spacial score (nSPS) is 13.7. The number of nitrogens with one attached hydrogen (secondary N) is 1. The first-order chi connectivity index (χ1) is 9.63. The number of ether oxygens (including phenoxy) is 2. The van der Waals surface area contributed by atoms with Gasteiger partial charge in [0.1, 0.15) is 0 Å². The molecule has 0 heterocycles. The van der Waals surface area contributed by atoms with Crippen molar-refractivity contribution >= 4 is 23.8 Å². The predicted molar refractivity (Wildman–Crippen MR) is 74.7 cm³/mol. The molecular weight excluding hydrogens is 282 g/mol. The van der Waals surface area contributed by atoms with Crippen LogP contribution in [0.5, 0.6) is 11.5 Å². The zero-order valence-corrected chi connectivity index (χ0v) is 11.9. The van der Waals surface area contributed by atoms with Crippen molar-refractivity contribution in [2.45, 2.75) is 25.3 Å².